The van der Waals surface area contributed by atoms with Crippen LogP contribution in [0.25, 0.3) is 0 Å². The standard InChI is InChI=1S/C22H23FN4O/c1-16(18-6-4-3-5-7-18)27-22(24-2)26-15-17-8-13-21(25-14-17)28-20-11-9-19(23)10-12-20/h3-14,16H,15H2,1-2H3,(H2,24,26,27). The quantitative estimate of drug-likeness (QED) is 0.492. The van der Waals surface area contributed by atoms with Crippen molar-refractivity contribution in [2.45, 2.75) is 19.5 Å². The Morgan fingerprint density at radius 3 is 2.46 bits per heavy atom. The van der Waals surface area contributed by atoms with Crippen LogP contribution in [0, 0.1) is 5.82 Å². The molecule has 0 amide bonds. The maximum absolute atomic E-state index is 12.9. The molecule has 0 saturated carbocycles. The highest BCUT2D eigenvalue weighted by Gasteiger charge is 2.07. The van der Waals surface area contributed by atoms with E-state index in [0.29, 0.717) is 24.1 Å². The van der Waals surface area contributed by atoms with Gasteiger partial charge in [-0.3, -0.25) is 4.99 Å². The van der Waals surface area contributed by atoms with Crippen LogP contribution in [0.5, 0.6) is 11.6 Å². The summed E-state index contributed by atoms with van der Waals surface area (Å²) < 4.78 is 18.5. The molecule has 0 aliphatic heterocycles. The van der Waals surface area contributed by atoms with Crippen LogP contribution in [-0.4, -0.2) is 18.0 Å². The molecule has 28 heavy (non-hydrogen) atoms. The summed E-state index contributed by atoms with van der Waals surface area (Å²) in [5.41, 5.74) is 2.18. The van der Waals surface area contributed by atoms with Crippen molar-refractivity contribution in [3.8, 4) is 11.6 Å². The molecule has 0 radical (unpaired) electrons. The topological polar surface area (TPSA) is 58.5 Å². The number of benzene rings is 2. The number of hydrogen-bond acceptors (Lipinski definition) is 3. The van der Waals surface area contributed by atoms with Crippen LogP contribution in [0.4, 0.5) is 4.39 Å². The van der Waals surface area contributed by atoms with Crippen molar-refractivity contribution >= 4 is 5.96 Å². The van der Waals surface area contributed by atoms with Gasteiger partial charge in [-0.15, -0.1) is 0 Å². The molecule has 1 aromatic heterocycles. The summed E-state index contributed by atoms with van der Waals surface area (Å²) in [5.74, 6) is 1.41. The van der Waals surface area contributed by atoms with E-state index in [0.717, 1.165) is 5.56 Å². The van der Waals surface area contributed by atoms with E-state index in [9.17, 15) is 4.39 Å². The summed E-state index contributed by atoms with van der Waals surface area (Å²) in [6, 6.07) is 19.9. The molecule has 0 fully saturated rings. The van der Waals surface area contributed by atoms with Gasteiger partial charge in [0.05, 0.1) is 6.04 Å². The minimum Gasteiger partial charge on any atom is -0.439 e. The van der Waals surface area contributed by atoms with Crippen LogP contribution < -0.4 is 15.4 Å². The van der Waals surface area contributed by atoms with Gasteiger partial charge in [-0.25, -0.2) is 9.37 Å². The Balaban J connectivity index is 1.52. The molecular formula is C22H23FN4O. The highest BCUT2D eigenvalue weighted by molar-refractivity contribution is 5.80. The summed E-state index contributed by atoms with van der Waals surface area (Å²) in [5, 5.41) is 6.64. The van der Waals surface area contributed by atoms with E-state index >= 15 is 0 Å². The number of pyridine rings is 1. The Morgan fingerprint density at radius 1 is 1.07 bits per heavy atom. The average Bonchev–Trinajstić information content (AvgIpc) is 2.74. The maximum Gasteiger partial charge on any atom is 0.219 e. The van der Waals surface area contributed by atoms with Crippen LogP contribution in [0.1, 0.15) is 24.1 Å². The van der Waals surface area contributed by atoms with E-state index in [-0.39, 0.29) is 11.9 Å². The first-order chi connectivity index (χ1) is 13.6. The molecule has 5 nitrogen and oxygen atoms in total. The van der Waals surface area contributed by atoms with Crippen LogP contribution >= 0.6 is 0 Å². The molecule has 1 unspecified atom stereocenters. The molecular weight excluding hydrogens is 355 g/mol. The summed E-state index contributed by atoms with van der Waals surface area (Å²) in [6.45, 7) is 2.66. The summed E-state index contributed by atoms with van der Waals surface area (Å²) >= 11 is 0. The molecule has 1 atom stereocenters. The Kier molecular flexibility index (Phi) is 6.57. The van der Waals surface area contributed by atoms with E-state index in [2.05, 4.69) is 39.7 Å². The minimum absolute atomic E-state index is 0.136. The number of aliphatic imine (C=N–C) groups is 1. The van der Waals surface area contributed by atoms with Gasteiger partial charge in [0.1, 0.15) is 11.6 Å². The number of aromatic nitrogens is 1. The monoisotopic (exact) mass is 378 g/mol. The Bertz CT molecular complexity index is 896. The lowest BCUT2D eigenvalue weighted by Crippen LogP contribution is -2.38. The minimum atomic E-state index is -0.301. The zero-order valence-electron chi connectivity index (χ0n) is 15.9. The number of nitrogens with one attached hydrogen (secondary N) is 2. The zero-order valence-corrected chi connectivity index (χ0v) is 15.9. The largest absolute Gasteiger partial charge is 0.439 e. The third-order valence-corrected chi connectivity index (χ3v) is 4.17. The second kappa shape index (κ2) is 9.50. The summed E-state index contributed by atoms with van der Waals surface area (Å²) in [7, 11) is 1.74. The van der Waals surface area contributed by atoms with Gasteiger partial charge in [-0.1, -0.05) is 36.4 Å². The Morgan fingerprint density at radius 2 is 1.82 bits per heavy atom. The number of halogens is 1. The molecule has 3 aromatic rings. The third-order valence-electron chi connectivity index (χ3n) is 4.17. The molecule has 144 valence electrons. The predicted molar refractivity (Wildman–Crippen MR) is 109 cm³/mol. The number of rotatable bonds is 6. The van der Waals surface area contributed by atoms with Gasteiger partial charge in [-0.05, 0) is 42.3 Å². The van der Waals surface area contributed by atoms with Gasteiger partial charge in [0.25, 0.3) is 0 Å². The van der Waals surface area contributed by atoms with Crippen molar-refractivity contribution in [3.63, 3.8) is 0 Å². The van der Waals surface area contributed by atoms with Gasteiger partial charge >= 0.3 is 0 Å². The first kappa shape index (κ1) is 19.4. The lowest BCUT2D eigenvalue weighted by Gasteiger charge is -2.18. The van der Waals surface area contributed by atoms with Crippen molar-refractivity contribution < 1.29 is 9.13 Å². The number of nitrogens with zero attached hydrogens (tertiary/aromatic N) is 2. The highest BCUT2D eigenvalue weighted by Crippen LogP contribution is 2.19. The molecule has 3 rings (SSSR count). The molecule has 2 aromatic carbocycles. The molecule has 2 N–H and O–H groups in total. The first-order valence-corrected chi connectivity index (χ1v) is 9.04. The molecule has 0 spiro atoms. The predicted octanol–water partition coefficient (Wildman–Crippen LogP) is 4.44. The fraction of sp³-hybridized carbons (Fsp3) is 0.182. The van der Waals surface area contributed by atoms with E-state index < -0.39 is 0 Å². The number of ether oxygens (including phenoxy) is 1. The molecule has 6 heteroatoms. The fourth-order valence-electron chi connectivity index (χ4n) is 2.61. The lowest BCUT2D eigenvalue weighted by molar-refractivity contribution is 0.461. The van der Waals surface area contributed by atoms with Crippen molar-refractivity contribution in [2.24, 2.45) is 4.99 Å². The average molecular weight is 378 g/mol. The van der Waals surface area contributed by atoms with Crippen LogP contribution in [0.15, 0.2) is 77.9 Å². The van der Waals surface area contributed by atoms with Crippen LogP contribution in [0.3, 0.4) is 0 Å². The van der Waals surface area contributed by atoms with Gasteiger partial charge in [-0.2, -0.15) is 0 Å². The van der Waals surface area contributed by atoms with Crippen LogP contribution in [0.2, 0.25) is 0 Å². The Labute approximate surface area is 164 Å². The second-order valence-electron chi connectivity index (χ2n) is 6.26. The third kappa shape index (κ3) is 5.54. The van der Waals surface area contributed by atoms with E-state index in [4.69, 9.17) is 4.74 Å². The van der Waals surface area contributed by atoms with Crippen LogP contribution in [-0.2, 0) is 6.54 Å². The smallest absolute Gasteiger partial charge is 0.219 e. The molecule has 0 bridgehead atoms. The first-order valence-electron chi connectivity index (χ1n) is 9.04. The fourth-order valence-corrected chi connectivity index (χ4v) is 2.61. The van der Waals surface area contributed by atoms with Crippen molar-refractivity contribution in [3.05, 3.63) is 89.9 Å². The van der Waals surface area contributed by atoms with Gasteiger partial charge in [0.15, 0.2) is 5.96 Å². The number of hydrogen-bond donors (Lipinski definition) is 2. The number of guanidine groups is 1. The van der Waals surface area contributed by atoms with Gasteiger partial charge in [0, 0.05) is 25.9 Å². The summed E-state index contributed by atoms with van der Waals surface area (Å²) in [4.78, 5) is 8.56. The van der Waals surface area contributed by atoms with Gasteiger partial charge < -0.3 is 15.4 Å². The SMILES string of the molecule is CN=C(NCc1ccc(Oc2ccc(F)cc2)nc1)NC(C)c1ccccc1. The highest BCUT2D eigenvalue weighted by atomic mass is 19.1. The van der Waals surface area contributed by atoms with Crippen molar-refractivity contribution in [1.29, 1.82) is 0 Å². The molecule has 0 saturated heterocycles. The molecule has 1 heterocycles. The molecule has 0 aliphatic rings. The second-order valence-corrected chi connectivity index (χ2v) is 6.26. The van der Waals surface area contributed by atoms with Crippen molar-refractivity contribution in [1.82, 2.24) is 15.6 Å². The van der Waals surface area contributed by atoms with Gasteiger partial charge in [0.2, 0.25) is 5.88 Å². The lowest BCUT2D eigenvalue weighted by atomic mass is 10.1. The normalized spacial score (nSPS) is 12.3. The van der Waals surface area contributed by atoms with E-state index in [1.54, 1.807) is 31.4 Å². The Hall–Kier alpha value is -3.41. The summed E-state index contributed by atoms with van der Waals surface area (Å²) in [6.07, 6.45) is 1.74. The van der Waals surface area contributed by atoms with E-state index in [1.807, 2.05) is 24.3 Å². The zero-order chi connectivity index (χ0) is 19.8. The maximum atomic E-state index is 12.9. The molecule has 0 aliphatic carbocycles. The van der Waals surface area contributed by atoms with E-state index in [1.165, 1.54) is 17.7 Å². The van der Waals surface area contributed by atoms with Crippen molar-refractivity contribution in [2.75, 3.05) is 7.05 Å².